The van der Waals surface area contributed by atoms with Crippen LogP contribution in [0.15, 0.2) is 30.5 Å². The predicted molar refractivity (Wildman–Crippen MR) is 72.1 cm³/mol. The smallest absolute Gasteiger partial charge is 0.391 e. The Kier molecular flexibility index (Phi) is 4.01. The van der Waals surface area contributed by atoms with Gasteiger partial charge in [0.2, 0.25) is 0 Å². The normalized spacial score (nSPS) is 13.2. The maximum absolute atomic E-state index is 12.3. The molecule has 108 valence electrons. The van der Waals surface area contributed by atoms with Crippen molar-refractivity contribution >= 4 is 16.6 Å². The van der Waals surface area contributed by atoms with Crippen molar-refractivity contribution < 1.29 is 17.9 Å². The molecule has 3 nitrogen and oxygen atoms in total. The van der Waals surface area contributed by atoms with Crippen molar-refractivity contribution in [2.75, 3.05) is 12.4 Å². The third kappa shape index (κ3) is 3.53. The Morgan fingerprint density at radius 2 is 2.05 bits per heavy atom. The van der Waals surface area contributed by atoms with Crippen LogP contribution in [0.3, 0.4) is 0 Å². The summed E-state index contributed by atoms with van der Waals surface area (Å²) in [6.45, 7) is 1.48. The maximum atomic E-state index is 12.3. The van der Waals surface area contributed by atoms with E-state index in [0.717, 1.165) is 10.8 Å². The van der Waals surface area contributed by atoms with Crippen LogP contribution in [0.2, 0.25) is 0 Å². The molecular weight excluding hydrogens is 269 g/mol. The summed E-state index contributed by atoms with van der Waals surface area (Å²) in [5.41, 5.74) is 0. The second-order valence-corrected chi connectivity index (χ2v) is 4.61. The summed E-state index contributed by atoms with van der Waals surface area (Å²) < 4.78 is 42.2. The number of pyridine rings is 1. The van der Waals surface area contributed by atoms with Crippen LogP contribution >= 0.6 is 0 Å². The second-order valence-electron chi connectivity index (χ2n) is 4.61. The van der Waals surface area contributed by atoms with Crippen LogP contribution in [-0.2, 0) is 0 Å². The van der Waals surface area contributed by atoms with E-state index >= 15 is 0 Å². The van der Waals surface area contributed by atoms with Gasteiger partial charge in [-0.05, 0) is 36.6 Å². The van der Waals surface area contributed by atoms with E-state index in [4.69, 9.17) is 4.74 Å². The van der Waals surface area contributed by atoms with Crippen molar-refractivity contribution in [2.45, 2.75) is 25.6 Å². The minimum atomic E-state index is -4.19. The van der Waals surface area contributed by atoms with E-state index < -0.39 is 18.6 Å². The van der Waals surface area contributed by atoms with E-state index in [1.165, 1.54) is 6.92 Å². The second kappa shape index (κ2) is 5.56. The first-order valence-corrected chi connectivity index (χ1v) is 6.15. The zero-order valence-electron chi connectivity index (χ0n) is 11.2. The molecule has 20 heavy (non-hydrogen) atoms. The van der Waals surface area contributed by atoms with Crippen LogP contribution in [-0.4, -0.2) is 24.3 Å². The molecule has 0 aliphatic heterocycles. The molecule has 1 aromatic carbocycles. The fraction of sp³-hybridized carbons (Fsp3) is 0.357. The minimum Gasteiger partial charge on any atom is -0.497 e. The molecule has 6 heteroatoms. The van der Waals surface area contributed by atoms with Crippen LogP contribution in [0.5, 0.6) is 5.75 Å². The Hall–Kier alpha value is -1.98. The van der Waals surface area contributed by atoms with Crippen LogP contribution in [0.25, 0.3) is 10.8 Å². The van der Waals surface area contributed by atoms with Gasteiger partial charge in [0.15, 0.2) is 0 Å². The summed E-state index contributed by atoms with van der Waals surface area (Å²) in [7, 11) is 1.56. The molecule has 1 heterocycles. The van der Waals surface area contributed by atoms with Gasteiger partial charge in [0.05, 0.1) is 13.5 Å². The molecule has 0 spiro atoms. The summed E-state index contributed by atoms with van der Waals surface area (Å²) >= 11 is 0. The predicted octanol–water partition coefficient (Wildman–Crippen LogP) is 4.00. The molecule has 1 unspecified atom stereocenters. The van der Waals surface area contributed by atoms with Gasteiger partial charge in [0.1, 0.15) is 11.6 Å². The van der Waals surface area contributed by atoms with Crippen molar-refractivity contribution in [2.24, 2.45) is 0 Å². The molecule has 2 rings (SSSR count). The Morgan fingerprint density at radius 1 is 1.30 bits per heavy atom. The number of hydrogen-bond donors (Lipinski definition) is 1. The monoisotopic (exact) mass is 284 g/mol. The highest BCUT2D eigenvalue weighted by molar-refractivity contribution is 5.92. The number of rotatable bonds is 4. The molecule has 0 aliphatic rings. The Labute approximate surface area is 114 Å². The number of aromatic nitrogens is 1. The molecule has 0 saturated heterocycles. The SMILES string of the molecule is COc1ccc2c(NC(C)CC(F)(F)F)nccc2c1. The fourth-order valence-electron chi connectivity index (χ4n) is 2.03. The molecule has 0 radical (unpaired) electrons. The molecule has 1 atom stereocenters. The van der Waals surface area contributed by atoms with Crippen molar-refractivity contribution in [1.29, 1.82) is 0 Å². The number of fused-ring (bicyclic) bond motifs is 1. The Balaban J connectivity index is 2.26. The molecule has 0 fully saturated rings. The van der Waals surface area contributed by atoms with Gasteiger partial charge in [-0.3, -0.25) is 0 Å². The van der Waals surface area contributed by atoms with Crippen LogP contribution in [0, 0.1) is 0 Å². The topological polar surface area (TPSA) is 34.1 Å². The van der Waals surface area contributed by atoms with E-state index in [0.29, 0.717) is 11.6 Å². The highest BCUT2D eigenvalue weighted by atomic mass is 19.4. The zero-order chi connectivity index (χ0) is 14.8. The third-order valence-electron chi connectivity index (χ3n) is 2.89. The molecule has 0 amide bonds. The molecule has 0 saturated carbocycles. The van der Waals surface area contributed by atoms with E-state index in [1.807, 2.05) is 6.07 Å². The van der Waals surface area contributed by atoms with Crippen LogP contribution in [0.4, 0.5) is 19.0 Å². The number of halogens is 3. The molecule has 2 aromatic rings. The highest BCUT2D eigenvalue weighted by Crippen LogP contribution is 2.27. The average Bonchev–Trinajstić information content (AvgIpc) is 2.36. The number of nitrogens with one attached hydrogen (secondary N) is 1. The number of methoxy groups -OCH3 is 1. The van der Waals surface area contributed by atoms with E-state index in [1.54, 1.807) is 31.5 Å². The average molecular weight is 284 g/mol. The lowest BCUT2D eigenvalue weighted by Crippen LogP contribution is -2.24. The van der Waals surface area contributed by atoms with Gasteiger partial charge in [-0.1, -0.05) is 0 Å². The number of ether oxygens (including phenoxy) is 1. The quantitative estimate of drug-likeness (QED) is 0.921. The first-order chi connectivity index (χ1) is 9.39. The van der Waals surface area contributed by atoms with Gasteiger partial charge in [-0.25, -0.2) is 4.98 Å². The van der Waals surface area contributed by atoms with E-state index in [-0.39, 0.29) is 0 Å². The van der Waals surface area contributed by atoms with E-state index in [9.17, 15) is 13.2 Å². The van der Waals surface area contributed by atoms with Gasteiger partial charge in [-0.2, -0.15) is 13.2 Å². The summed E-state index contributed by atoms with van der Waals surface area (Å²) in [5.74, 6) is 1.14. The number of nitrogens with zero attached hydrogens (tertiary/aromatic N) is 1. The third-order valence-corrected chi connectivity index (χ3v) is 2.89. The molecule has 0 aliphatic carbocycles. The summed E-state index contributed by atoms with van der Waals surface area (Å²) in [6.07, 6.45) is -3.54. The largest absolute Gasteiger partial charge is 0.497 e. The van der Waals surface area contributed by atoms with Crippen LogP contribution < -0.4 is 10.1 Å². The molecular formula is C14H15F3N2O. The zero-order valence-corrected chi connectivity index (χ0v) is 11.2. The summed E-state index contributed by atoms with van der Waals surface area (Å²) in [4.78, 5) is 4.11. The van der Waals surface area contributed by atoms with E-state index in [2.05, 4.69) is 10.3 Å². The van der Waals surface area contributed by atoms with Crippen LogP contribution in [0.1, 0.15) is 13.3 Å². The van der Waals surface area contributed by atoms with Gasteiger partial charge in [0.25, 0.3) is 0 Å². The fourth-order valence-corrected chi connectivity index (χ4v) is 2.03. The summed E-state index contributed by atoms with van der Waals surface area (Å²) in [6, 6.07) is 6.40. The number of anilines is 1. The lowest BCUT2D eigenvalue weighted by molar-refractivity contribution is -0.136. The maximum Gasteiger partial charge on any atom is 0.391 e. The van der Waals surface area contributed by atoms with Crippen molar-refractivity contribution in [3.8, 4) is 5.75 Å². The van der Waals surface area contributed by atoms with Crippen molar-refractivity contribution in [3.05, 3.63) is 30.5 Å². The number of alkyl halides is 3. The Bertz CT molecular complexity index is 598. The number of benzene rings is 1. The lowest BCUT2D eigenvalue weighted by Gasteiger charge is -2.17. The first kappa shape index (κ1) is 14.4. The molecule has 1 N–H and O–H groups in total. The van der Waals surface area contributed by atoms with Gasteiger partial charge in [0, 0.05) is 17.6 Å². The van der Waals surface area contributed by atoms with Gasteiger partial charge >= 0.3 is 6.18 Å². The molecule has 0 bridgehead atoms. The van der Waals surface area contributed by atoms with Gasteiger partial charge < -0.3 is 10.1 Å². The van der Waals surface area contributed by atoms with Crippen molar-refractivity contribution in [1.82, 2.24) is 4.98 Å². The summed E-state index contributed by atoms with van der Waals surface area (Å²) in [5, 5.41) is 4.44. The first-order valence-electron chi connectivity index (χ1n) is 6.15. The van der Waals surface area contributed by atoms with Crippen molar-refractivity contribution in [3.63, 3.8) is 0 Å². The Morgan fingerprint density at radius 3 is 2.70 bits per heavy atom. The minimum absolute atomic E-state index is 0.446. The lowest BCUT2D eigenvalue weighted by atomic mass is 10.1. The number of hydrogen-bond acceptors (Lipinski definition) is 3. The van der Waals surface area contributed by atoms with Gasteiger partial charge in [-0.15, -0.1) is 0 Å². The molecule has 1 aromatic heterocycles. The standard InChI is InChI=1S/C14H15F3N2O/c1-9(8-14(15,16)17)19-13-12-4-3-11(20-2)7-10(12)5-6-18-13/h3-7,9H,8H2,1-2H3,(H,18,19). The highest BCUT2D eigenvalue weighted by Gasteiger charge is 2.30.